The number of benzene rings is 2. The van der Waals surface area contributed by atoms with E-state index in [1.807, 2.05) is 6.07 Å². The van der Waals surface area contributed by atoms with Crippen LogP contribution in [-0.2, 0) is 9.59 Å². The van der Waals surface area contributed by atoms with Crippen LogP contribution in [0.25, 0.3) is 6.08 Å². The molecule has 2 N–H and O–H groups in total. The van der Waals surface area contributed by atoms with E-state index in [0.717, 1.165) is 11.3 Å². The van der Waals surface area contributed by atoms with Crippen molar-refractivity contribution in [3.8, 4) is 0 Å². The number of thiocarbonyl (C=S) groups is 1. The highest BCUT2D eigenvalue weighted by Gasteiger charge is 2.07. The lowest BCUT2D eigenvalue weighted by atomic mass is 10.2. The third kappa shape index (κ3) is 5.98. The van der Waals surface area contributed by atoms with Crippen LogP contribution in [0.15, 0.2) is 54.6 Å². The van der Waals surface area contributed by atoms with E-state index in [4.69, 9.17) is 23.8 Å². The van der Waals surface area contributed by atoms with Gasteiger partial charge in [-0.1, -0.05) is 29.8 Å². The quantitative estimate of drug-likeness (QED) is 0.618. The Hall–Kier alpha value is -2.70. The van der Waals surface area contributed by atoms with Crippen LogP contribution in [0.2, 0.25) is 5.02 Å². The zero-order chi connectivity index (χ0) is 19.1. The molecule has 2 aromatic carbocycles. The number of hydrogen-bond acceptors (Lipinski definition) is 3. The molecule has 0 spiro atoms. The molecule has 0 bridgehead atoms. The lowest BCUT2D eigenvalue weighted by Gasteiger charge is -2.16. The molecule has 0 saturated heterocycles. The average molecular weight is 388 g/mol. The van der Waals surface area contributed by atoms with Gasteiger partial charge in [-0.3, -0.25) is 14.9 Å². The molecule has 0 radical (unpaired) electrons. The fourth-order valence-electron chi connectivity index (χ4n) is 2.04. The molecule has 5 nitrogen and oxygen atoms in total. The molecule has 0 unspecified atom stereocenters. The van der Waals surface area contributed by atoms with Gasteiger partial charge < -0.3 is 10.2 Å². The first-order valence-electron chi connectivity index (χ1n) is 7.75. The van der Waals surface area contributed by atoms with E-state index < -0.39 is 0 Å². The molecular formula is C19H18ClN3O2S. The monoisotopic (exact) mass is 387 g/mol. The maximum absolute atomic E-state index is 11.9. The standard InChI is InChI=1S/C19H18ClN3O2S/c1-13(24)23(2)17-5-3-4-16(12-17)21-19(26)22-18(25)11-8-14-6-9-15(20)10-7-14/h3-12H,1-2H3,(H2,21,22,25,26)/b11-8+. The molecule has 26 heavy (non-hydrogen) atoms. The smallest absolute Gasteiger partial charge is 0.250 e. The molecule has 0 aliphatic carbocycles. The van der Waals surface area contributed by atoms with Crippen LogP contribution in [0, 0.1) is 0 Å². The van der Waals surface area contributed by atoms with Gasteiger partial charge in [0.25, 0.3) is 0 Å². The van der Waals surface area contributed by atoms with Gasteiger partial charge >= 0.3 is 0 Å². The van der Waals surface area contributed by atoms with E-state index in [1.54, 1.807) is 55.6 Å². The van der Waals surface area contributed by atoms with Crippen molar-refractivity contribution in [1.82, 2.24) is 5.32 Å². The number of hydrogen-bond donors (Lipinski definition) is 2. The minimum Gasteiger partial charge on any atom is -0.332 e. The number of halogens is 1. The largest absolute Gasteiger partial charge is 0.332 e. The van der Waals surface area contributed by atoms with Crippen molar-refractivity contribution in [3.63, 3.8) is 0 Å². The lowest BCUT2D eigenvalue weighted by molar-refractivity contribution is -0.116. The lowest BCUT2D eigenvalue weighted by Crippen LogP contribution is -2.32. The highest BCUT2D eigenvalue weighted by molar-refractivity contribution is 7.80. The molecule has 0 aliphatic rings. The van der Waals surface area contributed by atoms with Crippen molar-refractivity contribution in [2.75, 3.05) is 17.3 Å². The third-order valence-corrected chi connectivity index (χ3v) is 3.95. The maximum atomic E-state index is 11.9. The average Bonchev–Trinajstić information content (AvgIpc) is 2.60. The zero-order valence-corrected chi connectivity index (χ0v) is 15.9. The van der Waals surface area contributed by atoms with Gasteiger partial charge in [0.2, 0.25) is 11.8 Å². The van der Waals surface area contributed by atoms with E-state index >= 15 is 0 Å². The van der Waals surface area contributed by atoms with E-state index in [9.17, 15) is 9.59 Å². The number of carbonyl (C=O) groups excluding carboxylic acids is 2. The second-order valence-corrected chi connectivity index (χ2v) is 6.30. The van der Waals surface area contributed by atoms with Gasteiger partial charge in [-0.25, -0.2) is 0 Å². The van der Waals surface area contributed by atoms with Crippen LogP contribution in [0.5, 0.6) is 0 Å². The van der Waals surface area contributed by atoms with Crippen molar-refractivity contribution in [2.24, 2.45) is 0 Å². The van der Waals surface area contributed by atoms with Crippen LogP contribution in [0.4, 0.5) is 11.4 Å². The Balaban J connectivity index is 1.93. The topological polar surface area (TPSA) is 61.4 Å². The number of rotatable bonds is 4. The molecule has 134 valence electrons. The van der Waals surface area contributed by atoms with E-state index in [1.165, 1.54) is 17.9 Å². The molecule has 2 rings (SSSR count). The van der Waals surface area contributed by atoms with Gasteiger partial charge in [-0.2, -0.15) is 0 Å². The fraction of sp³-hybridized carbons (Fsp3) is 0.105. The summed E-state index contributed by atoms with van der Waals surface area (Å²) in [5.74, 6) is -0.431. The zero-order valence-electron chi connectivity index (χ0n) is 14.3. The Morgan fingerprint density at radius 1 is 1.15 bits per heavy atom. The van der Waals surface area contributed by atoms with Crippen molar-refractivity contribution >= 4 is 58.2 Å². The number of amides is 2. The molecule has 0 aliphatic heterocycles. The summed E-state index contributed by atoms with van der Waals surface area (Å²) in [6.45, 7) is 1.48. The second-order valence-electron chi connectivity index (χ2n) is 5.46. The Morgan fingerprint density at radius 2 is 1.85 bits per heavy atom. The molecule has 0 saturated carbocycles. The minimum absolute atomic E-state index is 0.0784. The van der Waals surface area contributed by atoms with E-state index in [0.29, 0.717) is 10.7 Å². The van der Waals surface area contributed by atoms with Crippen molar-refractivity contribution in [2.45, 2.75) is 6.92 Å². The molecule has 2 aromatic rings. The van der Waals surface area contributed by atoms with Gasteiger partial charge in [0.15, 0.2) is 5.11 Å². The Bertz CT molecular complexity index is 850. The predicted molar refractivity (Wildman–Crippen MR) is 110 cm³/mol. The van der Waals surface area contributed by atoms with Crippen LogP contribution >= 0.6 is 23.8 Å². The summed E-state index contributed by atoms with van der Waals surface area (Å²) in [5, 5.41) is 6.29. The number of carbonyl (C=O) groups is 2. The Morgan fingerprint density at radius 3 is 2.50 bits per heavy atom. The number of nitrogens with one attached hydrogen (secondary N) is 2. The molecular weight excluding hydrogens is 370 g/mol. The van der Waals surface area contributed by atoms with Crippen molar-refractivity contribution in [1.29, 1.82) is 0 Å². The molecule has 0 atom stereocenters. The van der Waals surface area contributed by atoms with Gasteiger partial charge in [-0.15, -0.1) is 0 Å². The van der Waals surface area contributed by atoms with Gasteiger partial charge in [0, 0.05) is 36.4 Å². The predicted octanol–water partition coefficient (Wildman–Crippen LogP) is 3.85. The normalized spacial score (nSPS) is 10.4. The Labute approximate surface area is 162 Å². The molecule has 0 heterocycles. The van der Waals surface area contributed by atoms with Gasteiger partial charge in [0.1, 0.15) is 0 Å². The van der Waals surface area contributed by atoms with E-state index in [2.05, 4.69) is 10.6 Å². The summed E-state index contributed by atoms with van der Waals surface area (Å²) in [7, 11) is 1.68. The van der Waals surface area contributed by atoms with Crippen molar-refractivity contribution in [3.05, 3.63) is 65.2 Å². The van der Waals surface area contributed by atoms with Gasteiger partial charge in [0.05, 0.1) is 0 Å². The summed E-state index contributed by atoms with van der Waals surface area (Å²) in [6, 6.07) is 14.3. The summed E-state index contributed by atoms with van der Waals surface area (Å²) >= 11 is 11.0. The first kappa shape index (κ1) is 19.6. The molecule has 2 amide bonds. The van der Waals surface area contributed by atoms with E-state index in [-0.39, 0.29) is 16.9 Å². The van der Waals surface area contributed by atoms with Gasteiger partial charge in [-0.05, 0) is 54.2 Å². The summed E-state index contributed by atoms with van der Waals surface area (Å²) in [5.41, 5.74) is 2.24. The minimum atomic E-state index is -0.352. The Kier molecular flexibility index (Phi) is 6.89. The number of nitrogens with zero attached hydrogens (tertiary/aromatic N) is 1. The van der Waals surface area contributed by atoms with Crippen LogP contribution in [0.3, 0.4) is 0 Å². The first-order chi connectivity index (χ1) is 12.3. The van der Waals surface area contributed by atoms with Crippen LogP contribution < -0.4 is 15.5 Å². The number of anilines is 2. The third-order valence-electron chi connectivity index (χ3n) is 3.50. The van der Waals surface area contributed by atoms with Crippen molar-refractivity contribution < 1.29 is 9.59 Å². The highest BCUT2D eigenvalue weighted by Crippen LogP contribution is 2.18. The fourth-order valence-corrected chi connectivity index (χ4v) is 2.38. The summed E-state index contributed by atoms with van der Waals surface area (Å²) in [4.78, 5) is 24.9. The molecule has 0 fully saturated rings. The first-order valence-corrected chi connectivity index (χ1v) is 8.54. The highest BCUT2D eigenvalue weighted by atomic mass is 35.5. The van der Waals surface area contributed by atoms with Crippen LogP contribution in [-0.4, -0.2) is 24.0 Å². The SMILES string of the molecule is CC(=O)N(C)c1cccc(NC(=S)NC(=O)/C=C/c2ccc(Cl)cc2)c1. The van der Waals surface area contributed by atoms with Crippen LogP contribution in [0.1, 0.15) is 12.5 Å². The second kappa shape index (κ2) is 9.12. The molecule has 7 heteroatoms. The maximum Gasteiger partial charge on any atom is 0.250 e. The summed E-state index contributed by atoms with van der Waals surface area (Å²) < 4.78 is 0. The summed E-state index contributed by atoms with van der Waals surface area (Å²) in [6.07, 6.45) is 3.05. The molecule has 0 aromatic heterocycles.